The minimum absolute atomic E-state index is 0.00182. The molecular weight excluding hydrogens is 296 g/mol. The highest BCUT2D eigenvalue weighted by Crippen LogP contribution is 2.30. The molecule has 1 heterocycles. The van der Waals surface area contributed by atoms with Crippen LogP contribution in [0.15, 0.2) is 18.2 Å². The van der Waals surface area contributed by atoms with Crippen molar-refractivity contribution in [1.82, 2.24) is 5.32 Å². The number of amides is 2. The lowest BCUT2D eigenvalue weighted by Crippen LogP contribution is -2.38. The van der Waals surface area contributed by atoms with Crippen LogP contribution in [0.3, 0.4) is 0 Å². The highest BCUT2D eigenvalue weighted by molar-refractivity contribution is 5.91. The molecule has 1 atom stereocenters. The van der Waals surface area contributed by atoms with Gasteiger partial charge in [0.05, 0.1) is 12.5 Å². The van der Waals surface area contributed by atoms with Crippen LogP contribution in [0, 0.1) is 5.92 Å². The van der Waals surface area contributed by atoms with Gasteiger partial charge in [0.25, 0.3) is 0 Å². The average Bonchev–Trinajstić information content (AvgIpc) is 2.54. The number of rotatable bonds is 7. The lowest BCUT2D eigenvalue weighted by molar-refractivity contribution is -0.126. The van der Waals surface area contributed by atoms with Crippen molar-refractivity contribution in [2.45, 2.75) is 26.2 Å². The molecule has 2 N–H and O–H groups in total. The fraction of sp³-hybridized carbons (Fsp3) is 0.529. The van der Waals surface area contributed by atoms with Crippen molar-refractivity contribution < 1.29 is 19.1 Å². The monoisotopic (exact) mass is 320 g/mol. The third-order valence-corrected chi connectivity index (χ3v) is 3.70. The zero-order valence-electron chi connectivity index (χ0n) is 13.7. The van der Waals surface area contributed by atoms with E-state index in [1.54, 1.807) is 7.11 Å². The van der Waals surface area contributed by atoms with Gasteiger partial charge in [-0.25, -0.2) is 0 Å². The maximum atomic E-state index is 12.1. The number of carbonyl (C=O) groups excluding carboxylic acids is 2. The van der Waals surface area contributed by atoms with Crippen LogP contribution >= 0.6 is 0 Å². The lowest BCUT2D eigenvalue weighted by atomic mass is 9.95. The van der Waals surface area contributed by atoms with Crippen LogP contribution in [0.4, 0.5) is 5.69 Å². The molecule has 1 aliphatic heterocycles. The Kier molecular flexibility index (Phi) is 6.40. The number of carbonyl (C=O) groups is 2. The van der Waals surface area contributed by atoms with Gasteiger partial charge in [-0.3, -0.25) is 9.59 Å². The Morgan fingerprint density at radius 1 is 1.39 bits per heavy atom. The molecule has 0 aromatic heterocycles. The van der Waals surface area contributed by atoms with E-state index in [0.717, 1.165) is 23.4 Å². The number of hydrogen-bond donors (Lipinski definition) is 2. The minimum Gasteiger partial charge on any atom is -0.492 e. The van der Waals surface area contributed by atoms with Crippen molar-refractivity contribution in [3.05, 3.63) is 23.8 Å². The summed E-state index contributed by atoms with van der Waals surface area (Å²) < 4.78 is 10.6. The number of methoxy groups -OCH3 is 1. The molecule has 126 valence electrons. The highest BCUT2D eigenvalue weighted by Gasteiger charge is 2.26. The van der Waals surface area contributed by atoms with E-state index in [0.29, 0.717) is 32.6 Å². The maximum absolute atomic E-state index is 12.1. The Bertz CT molecular complexity index is 560. The molecule has 0 spiro atoms. The molecule has 0 fully saturated rings. The van der Waals surface area contributed by atoms with Crippen LogP contribution in [0.5, 0.6) is 5.75 Å². The molecule has 0 aliphatic carbocycles. The van der Waals surface area contributed by atoms with E-state index in [4.69, 9.17) is 9.47 Å². The van der Waals surface area contributed by atoms with Crippen molar-refractivity contribution in [1.29, 1.82) is 0 Å². The van der Waals surface area contributed by atoms with Gasteiger partial charge in [0.1, 0.15) is 12.4 Å². The van der Waals surface area contributed by atoms with Crippen molar-refractivity contribution in [3.8, 4) is 5.75 Å². The fourth-order valence-corrected chi connectivity index (χ4v) is 2.51. The standard InChI is InChI=1S/C17H24N2O4/c1-3-4-16(20)19-14-5-6-15-12(10-14)9-13(11-23-15)17(21)18-7-8-22-2/h5-6,10,13H,3-4,7-9,11H2,1-2H3,(H,18,21)(H,19,20)/t13-/m1/s1. The molecule has 0 bridgehead atoms. The topological polar surface area (TPSA) is 76.7 Å². The summed E-state index contributed by atoms with van der Waals surface area (Å²) in [6.45, 7) is 3.32. The average molecular weight is 320 g/mol. The number of hydrogen-bond acceptors (Lipinski definition) is 4. The van der Waals surface area contributed by atoms with Gasteiger partial charge in [-0.1, -0.05) is 6.92 Å². The van der Waals surface area contributed by atoms with E-state index in [1.807, 2.05) is 25.1 Å². The zero-order chi connectivity index (χ0) is 16.7. The van der Waals surface area contributed by atoms with Crippen molar-refractivity contribution in [3.63, 3.8) is 0 Å². The molecule has 1 aliphatic rings. The maximum Gasteiger partial charge on any atom is 0.226 e. The normalized spacial score (nSPS) is 16.2. The van der Waals surface area contributed by atoms with Crippen LogP contribution in [-0.2, 0) is 20.7 Å². The van der Waals surface area contributed by atoms with Gasteiger partial charge in [-0.05, 0) is 36.6 Å². The molecule has 0 saturated heterocycles. The van der Waals surface area contributed by atoms with Crippen molar-refractivity contribution >= 4 is 17.5 Å². The Morgan fingerprint density at radius 3 is 2.96 bits per heavy atom. The summed E-state index contributed by atoms with van der Waals surface area (Å²) in [5.74, 6) is 0.520. The van der Waals surface area contributed by atoms with E-state index in [2.05, 4.69) is 10.6 Å². The lowest BCUT2D eigenvalue weighted by Gasteiger charge is -2.25. The van der Waals surface area contributed by atoms with Crippen molar-refractivity contribution in [2.24, 2.45) is 5.92 Å². The number of fused-ring (bicyclic) bond motifs is 1. The SMILES string of the molecule is CCCC(=O)Nc1ccc2c(c1)C[C@@H](C(=O)NCCOC)CO2. The number of ether oxygens (including phenoxy) is 2. The molecule has 0 unspecified atom stereocenters. The second-order valence-electron chi connectivity index (χ2n) is 5.62. The predicted molar refractivity (Wildman–Crippen MR) is 87.6 cm³/mol. The molecule has 6 nitrogen and oxygen atoms in total. The van der Waals surface area contributed by atoms with Crippen LogP contribution < -0.4 is 15.4 Å². The second kappa shape index (κ2) is 8.53. The first-order valence-corrected chi connectivity index (χ1v) is 7.96. The van der Waals surface area contributed by atoms with E-state index >= 15 is 0 Å². The van der Waals surface area contributed by atoms with Gasteiger partial charge in [0.2, 0.25) is 11.8 Å². The summed E-state index contributed by atoms with van der Waals surface area (Å²) >= 11 is 0. The van der Waals surface area contributed by atoms with Crippen LogP contribution in [0.1, 0.15) is 25.3 Å². The highest BCUT2D eigenvalue weighted by atomic mass is 16.5. The van der Waals surface area contributed by atoms with Gasteiger partial charge < -0.3 is 20.1 Å². The third kappa shape index (κ3) is 4.96. The van der Waals surface area contributed by atoms with Gasteiger partial charge in [0, 0.05) is 25.8 Å². The van der Waals surface area contributed by atoms with Crippen LogP contribution in [0.25, 0.3) is 0 Å². The summed E-state index contributed by atoms with van der Waals surface area (Å²) in [4.78, 5) is 23.8. The van der Waals surface area contributed by atoms with Crippen molar-refractivity contribution in [2.75, 3.05) is 32.2 Å². The molecule has 0 radical (unpaired) electrons. The van der Waals surface area contributed by atoms with Gasteiger partial charge in [-0.15, -0.1) is 0 Å². The smallest absolute Gasteiger partial charge is 0.226 e. The first-order valence-electron chi connectivity index (χ1n) is 7.96. The summed E-state index contributed by atoms with van der Waals surface area (Å²) in [5.41, 5.74) is 1.68. The Labute approximate surface area is 136 Å². The van der Waals surface area contributed by atoms with E-state index in [9.17, 15) is 9.59 Å². The quantitative estimate of drug-likeness (QED) is 0.750. The Morgan fingerprint density at radius 2 is 2.22 bits per heavy atom. The van der Waals surface area contributed by atoms with Gasteiger partial charge in [0.15, 0.2) is 0 Å². The predicted octanol–water partition coefficient (Wildman–Crippen LogP) is 1.74. The summed E-state index contributed by atoms with van der Waals surface area (Å²) in [7, 11) is 1.60. The largest absolute Gasteiger partial charge is 0.492 e. The number of nitrogens with one attached hydrogen (secondary N) is 2. The Hall–Kier alpha value is -2.08. The van der Waals surface area contributed by atoms with E-state index in [1.165, 1.54) is 0 Å². The molecular formula is C17H24N2O4. The third-order valence-electron chi connectivity index (χ3n) is 3.70. The number of benzene rings is 1. The molecule has 6 heteroatoms. The summed E-state index contributed by atoms with van der Waals surface area (Å²) in [6, 6.07) is 5.55. The van der Waals surface area contributed by atoms with E-state index < -0.39 is 0 Å². The number of anilines is 1. The van der Waals surface area contributed by atoms with Gasteiger partial charge in [-0.2, -0.15) is 0 Å². The minimum atomic E-state index is -0.221. The van der Waals surface area contributed by atoms with Gasteiger partial charge >= 0.3 is 0 Å². The molecule has 1 aromatic rings. The summed E-state index contributed by atoms with van der Waals surface area (Å²) in [6.07, 6.45) is 1.91. The fourth-order valence-electron chi connectivity index (χ4n) is 2.51. The molecule has 2 rings (SSSR count). The summed E-state index contributed by atoms with van der Waals surface area (Å²) in [5, 5.41) is 5.70. The van der Waals surface area contributed by atoms with Crippen LogP contribution in [-0.4, -0.2) is 38.7 Å². The molecule has 2 amide bonds. The first-order chi connectivity index (χ1) is 11.1. The van der Waals surface area contributed by atoms with Crippen LogP contribution in [0.2, 0.25) is 0 Å². The first kappa shape index (κ1) is 17.3. The molecule has 1 aromatic carbocycles. The Balaban J connectivity index is 1.98. The second-order valence-corrected chi connectivity index (χ2v) is 5.62. The molecule has 23 heavy (non-hydrogen) atoms. The molecule has 0 saturated carbocycles. The van der Waals surface area contributed by atoms with E-state index in [-0.39, 0.29) is 17.7 Å². The zero-order valence-corrected chi connectivity index (χ0v) is 13.7.